The molecule has 0 atom stereocenters. The smallest absolute Gasteiger partial charge is 0.250 e. The minimum absolute atomic E-state index is 0.0967. The van der Waals surface area contributed by atoms with Crippen molar-refractivity contribution >= 4 is 51.6 Å². The van der Waals surface area contributed by atoms with Gasteiger partial charge in [0.1, 0.15) is 11.5 Å². The highest BCUT2D eigenvalue weighted by atomic mass is 35.5. The molecule has 0 radical (unpaired) electrons. The molecule has 112 valence electrons. The molecule has 8 heteroatoms. The van der Waals surface area contributed by atoms with Crippen molar-refractivity contribution in [2.24, 2.45) is 12.8 Å². The molecule has 0 spiro atoms. The van der Waals surface area contributed by atoms with E-state index >= 15 is 0 Å². The van der Waals surface area contributed by atoms with E-state index in [1.54, 1.807) is 18.2 Å². The summed E-state index contributed by atoms with van der Waals surface area (Å²) in [4.78, 5) is 19.9. The van der Waals surface area contributed by atoms with Crippen LogP contribution in [0, 0.1) is 0 Å². The fraction of sp³-hybridized carbons (Fsp3) is 0.0714. The van der Waals surface area contributed by atoms with Gasteiger partial charge in [0.2, 0.25) is 5.28 Å². The summed E-state index contributed by atoms with van der Waals surface area (Å²) in [5.41, 5.74) is 6.82. The average molecular weight is 336 g/mol. The number of hydrogen-bond donors (Lipinski definition) is 2. The Balaban J connectivity index is 2.15. The average Bonchev–Trinajstić information content (AvgIpc) is 2.80. The van der Waals surface area contributed by atoms with Crippen molar-refractivity contribution in [3.05, 3.63) is 46.3 Å². The maximum absolute atomic E-state index is 11.5. The summed E-state index contributed by atoms with van der Waals surface area (Å²) in [5, 5.41) is 4.39. The van der Waals surface area contributed by atoms with E-state index in [-0.39, 0.29) is 5.28 Å². The molecule has 2 aromatic heterocycles. The zero-order valence-electron chi connectivity index (χ0n) is 11.5. The minimum Gasteiger partial charge on any atom is -0.366 e. The quantitative estimate of drug-likeness (QED) is 0.720. The summed E-state index contributed by atoms with van der Waals surface area (Å²) in [5.74, 6) is -0.0935. The molecule has 1 aromatic carbocycles. The van der Waals surface area contributed by atoms with E-state index in [2.05, 4.69) is 15.3 Å². The number of rotatable bonds is 3. The SMILES string of the molecule is Cn1ccc2c(Nc3cc(Cl)ccc3C(N)=O)nc(Cl)nc21. The van der Waals surface area contributed by atoms with Crippen LogP contribution in [-0.4, -0.2) is 20.4 Å². The Hall–Kier alpha value is -2.31. The van der Waals surface area contributed by atoms with Gasteiger partial charge in [-0.2, -0.15) is 9.97 Å². The van der Waals surface area contributed by atoms with Gasteiger partial charge in [-0.15, -0.1) is 0 Å². The number of amides is 1. The van der Waals surface area contributed by atoms with Crippen molar-refractivity contribution in [1.82, 2.24) is 14.5 Å². The Kier molecular flexibility index (Phi) is 3.64. The molecule has 6 nitrogen and oxygen atoms in total. The van der Waals surface area contributed by atoms with Crippen LogP contribution in [0.15, 0.2) is 30.5 Å². The summed E-state index contributed by atoms with van der Waals surface area (Å²) in [7, 11) is 1.85. The predicted molar refractivity (Wildman–Crippen MR) is 86.8 cm³/mol. The molecular weight excluding hydrogens is 325 g/mol. The maximum Gasteiger partial charge on any atom is 0.250 e. The third kappa shape index (κ3) is 2.58. The molecule has 2 heterocycles. The molecule has 0 saturated heterocycles. The summed E-state index contributed by atoms with van der Waals surface area (Å²) >= 11 is 11.9. The van der Waals surface area contributed by atoms with Gasteiger partial charge in [-0.25, -0.2) is 0 Å². The normalized spacial score (nSPS) is 10.9. The second kappa shape index (κ2) is 5.47. The van der Waals surface area contributed by atoms with Gasteiger partial charge in [-0.1, -0.05) is 11.6 Å². The highest BCUT2D eigenvalue weighted by Gasteiger charge is 2.14. The number of nitrogens with two attached hydrogens (primary N) is 1. The molecule has 22 heavy (non-hydrogen) atoms. The molecular formula is C14H11Cl2N5O. The molecule has 3 aromatic rings. The van der Waals surface area contributed by atoms with Gasteiger partial charge in [-0.3, -0.25) is 4.79 Å². The Morgan fingerprint density at radius 1 is 1.27 bits per heavy atom. The van der Waals surface area contributed by atoms with Crippen LogP contribution in [0.4, 0.5) is 11.5 Å². The molecule has 0 aliphatic heterocycles. The van der Waals surface area contributed by atoms with Crippen molar-refractivity contribution in [2.75, 3.05) is 5.32 Å². The van der Waals surface area contributed by atoms with Crippen LogP contribution in [0.5, 0.6) is 0 Å². The number of halogens is 2. The Morgan fingerprint density at radius 2 is 2.05 bits per heavy atom. The number of primary amides is 1. The van der Waals surface area contributed by atoms with Crippen LogP contribution in [0.2, 0.25) is 10.3 Å². The van der Waals surface area contributed by atoms with Crippen LogP contribution in [0.25, 0.3) is 11.0 Å². The molecule has 1 amide bonds. The van der Waals surface area contributed by atoms with Gasteiger partial charge in [-0.05, 0) is 35.9 Å². The van der Waals surface area contributed by atoms with E-state index in [1.807, 2.05) is 23.9 Å². The van der Waals surface area contributed by atoms with Gasteiger partial charge < -0.3 is 15.6 Å². The number of nitrogens with zero attached hydrogens (tertiary/aromatic N) is 3. The highest BCUT2D eigenvalue weighted by molar-refractivity contribution is 6.31. The molecule has 0 bridgehead atoms. The lowest BCUT2D eigenvalue weighted by atomic mass is 10.1. The lowest BCUT2D eigenvalue weighted by molar-refractivity contribution is 0.100. The first-order chi connectivity index (χ1) is 10.5. The number of benzene rings is 1. The topological polar surface area (TPSA) is 85.8 Å². The number of carbonyl (C=O) groups is 1. The number of aromatic nitrogens is 3. The molecule has 3 N–H and O–H groups in total. The second-order valence-electron chi connectivity index (χ2n) is 4.68. The lowest BCUT2D eigenvalue weighted by Crippen LogP contribution is -2.13. The first-order valence-corrected chi connectivity index (χ1v) is 7.06. The standard InChI is InChI=1S/C14H11Cl2N5O/c1-21-5-4-9-12(19-14(16)20-13(9)21)18-10-6-7(15)2-3-8(10)11(17)22/h2-6H,1H3,(H2,17,22)(H,18,19,20). The van der Waals surface area contributed by atoms with Crippen molar-refractivity contribution < 1.29 is 4.79 Å². The van der Waals surface area contributed by atoms with Crippen LogP contribution in [-0.2, 0) is 7.05 Å². The van der Waals surface area contributed by atoms with Gasteiger partial charge >= 0.3 is 0 Å². The Bertz CT molecular complexity index is 890. The predicted octanol–water partition coefficient (Wildman–Crippen LogP) is 3.12. The number of aryl methyl sites for hydroxylation is 1. The molecule has 0 saturated carbocycles. The minimum atomic E-state index is -0.566. The molecule has 0 unspecified atom stereocenters. The number of carbonyl (C=O) groups excluding carboxylic acids is 1. The number of nitrogens with one attached hydrogen (secondary N) is 1. The molecule has 0 fully saturated rings. The van der Waals surface area contributed by atoms with E-state index in [1.165, 1.54) is 0 Å². The van der Waals surface area contributed by atoms with E-state index in [0.717, 1.165) is 5.39 Å². The fourth-order valence-electron chi connectivity index (χ4n) is 2.17. The largest absolute Gasteiger partial charge is 0.366 e. The van der Waals surface area contributed by atoms with Gasteiger partial charge in [0.15, 0.2) is 0 Å². The number of anilines is 2. The summed E-state index contributed by atoms with van der Waals surface area (Å²) < 4.78 is 1.82. The van der Waals surface area contributed by atoms with E-state index in [0.29, 0.717) is 27.7 Å². The maximum atomic E-state index is 11.5. The van der Waals surface area contributed by atoms with E-state index < -0.39 is 5.91 Å². The van der Waals surface area contributed by atoms with Crippen LogP contribution in [0.1, 0.15) is 10.4 Å². The first kappa shape index (κ1) is 14.6. The van der Waals surface area contributed by atoms with Crippen LogP contribution in [0.3, 0.4) is 0 Å². The second-order valence-corrected chi connectivity index (χ2v) is 5.46. The Morgan fingerprint density at radius 3 is 2.77 bits per heavy atom. The van der Waals surface area contributed by atoms with Crippen LogP contribution >= 0.6 is 23.2 Å². The third-order valence-electron chi connectivity index (χ3n) is 3.20. The zero-order valence-corrected chi connectivity index (χ0v) is 13.0. The van der Waals surface area contributed by atoms with Crippen molar-refractivity contribution in [3.8, 4) is 0 Å². The number of fused-ring (bicyclic) bond motifs is 1. The van der Waals surface area contributed by atoms with Crippen molar-refractivity contribution in [1.29, 1.82) is 0 Å². The fourth-order valence-corrected chi connectivity index (χ4v) is 2.50. The van der Waals surface area contributed by atoms with Crippen molar-refractivity contribution in [3.63, 3.8) is 0 Å². The van der Waals surface area contributed by atoms with Gasteiger partial charge in [0, 0.05) is 18.3 Å². The molecule has 3 rings (SSSR count). The van der Waals surface area contributed by atoms with E-state index in [9.17, 15) is 4.79 Å². The molecule has 0 aliphatic rings. The number of hydrogen-bond acceptors (Lipinski definition) is 4. The van der Waals surface area contributed by atoms with Crippen LogP contribution < -0.4 is 11.1 Å². The lowest BCUT2D eigenvalue weighted by Gasteiger charge is -2.11. The monoisotopic (exact) mass is 335 g/mol. The highest BCUT2D eigenvalue weighted by Crippen LogP contribution is 2.29. The van der Waals surface area contributed by atoms with E-state index in [4.69, 9.17) is 28.9 Å². The first-order valence-electron chi connectivity index (χ1n) is 6.30. The van der Waals surface area contributed by atoms with Gasteiger partial charge in [0.05, 0.1) is 16.6 Å². The summed E-state index contributed by atoms with van der Waals surface area (Å²) in [6.07, 6.45) is 1.84. The Labute approximate surface area is 135 Å². The van der Waals surface area contributed by atoms with Crippen molar-refractivity contribution in [2.45, 2.75) is 0 Å². The zero-order chi connectivity index (χ0) is 15.9. The summed E-state index contributed by atoms with van der Waals surface area (Å²) in [6, 6.07) is 6.60. The molecule has 0 aliphatic carbocycles. The summed E-state index contributed by atoms with van der Waals surface area (Å²) in [6.45, 7) is 0. The van der Waals surface area contributed by atoms with Gasteiger partial charge in [0.25, 0.3) is 5.91 Å². The third-order valence-corrected chi connectivity index (χ3v) is 3.60.